The van der Waals surface area contributed by atoms with Crippen molar-refractivity contribution < 1.29 is 4.74 Å². The summed E-state index contributed by atoms with van der Waals surface area (Å²) >= 11 is 0. The lowest BCUT2D eigenvalue weighted by molar-refractivity contribution is -0.0316. The van der Waals surface area contributed by atoms with Crippen LogP contribution < -0.4 is 5.32 Å². The molecule has 1 aromatic carbocycles. The molecule has 0 saturated heterocycles. The van der Waals surface area contributed by atoms with E-state index in [-0.39, 0.29) is 5.60 Å². The minimum atomic E-state index is -0.0346. The summed E-state index contributed by atoms with van der Waals surface area (Å²) in [6, 6.07) is 9.37. The van der Waals surface area contributed by atoms with Crippen LogP contribution in [0.4, 0.5) is 0 Å². The average Bonchev–Trinajstić information content (AvgIpc) is 2.43. The Bertz CT molecular complexity index is 381. The fraction of sp³-hybridized carbons (Fsp3) is 0.667. The van der Waals surface area contributed by atoms with Gasteiger partial charge in [0.1, 0.15) is 0 Å². The lowest BCUT2D eigenvalue weighted by Crippen LogP contribution is -2.27. The van der Waals surface area contributed by atoms with Gasteiger partial charge in [0, 0.05) is 12.6 Å². The molecule has 0 bridgehead atoms. The van der Waals surface area contributed by atoms with Gasteiger partial charge in [0.25, 0.3) is 0 Å². The van der Waals surface area contributed by atoms with Crippen molar-refractivity contribution in [1.82, 2.24) is 5.32 Å². The summed E-state index contributed by atoms with van der Waals surface area (Å²) in [5.41, 5.74) is 2.60. The molecular formula is C18H31NO. The van der Waals surface area contributed by atoms with Crippen LogP contribution in [0.15, 0.2) is 24.3 Å². The van der Waals surface area contributed by atoms with Crippen LogP contribution in [0.5, 0.6) is 0 Å². The molecule has 20 heavy (non-hydrogen) atoms. The van der Waals surface area contributed by atoms with Crippen molar-refractivity contribution in [3.63, 3.8) is 0 Å². The van der Waals surface area contributed by atoms with E-state index in [1.54, 1.807) is 0 Å². The fourth-order valence-corrected chi connectivity index (χ4v) is 1.85. The van der Waals surface area contributed by atoms with Crippen molar-refractivity contribution in [1.29, 1.82) is 0 Å². The molecule has 0 amide bonds. The largest absolute Gasteiger partial charge is 0.371 e. The number of ether oxygens (including phenoxy) is 1. The summed E-state index contributed by atoms with van der Waals surface area (Å²) in [4.78, 5) is 0. The van der Waals surface area contributed by atoms with Gasteiger partial charge in [0.15, 0.2) is 0 Å². The van der Waals surface area contributed by atoms with Crippen LogP contribution in [0, 0.1) is 0 Å². The zero-order chi connectivity index (χ0) is 15.2. The average molecular weight is 277 g/mol. The highest BCUT2D eigenvalue weighted by molar-refractivity contribution is 5.25. The van der Waals surface area contributed by atoms with E-state index in [1.165, 1.54) is 11.1 Å². The molecule has 1 rings (SSSR count). The predicted molar refractivity (Wildman–Crippen MR) is 87.2 cm³/mol. The van der Waals surface area contributed by atoms with E-state index < -0.39 is 0 Å². The molecule has 0 radical (unpaired) electrons. The molecule has 0 spiro atoms. The monoisotopic (exact) mass is 277 g/mol. The zero-order valence-corrected chi connectivity index (χ0v) is 14.0. The Kier molecular flexibility index (Phi) is 6.70. The van der Waals surface area contributed by atoms with Crippen molar-refractivity contribution >= 4 is 0 Å². The second kappa shape index (κ2) is 7.80. The van der Waals surface area contributed by atoms with Crippen molar-refractivity contribution in [3.05, 3.63) is 35.4 Å². The minimum absolute atomic E-state index is 0.0346. The minimum Gasteiger partial charge on any atom is -0.371 e. The van der Waals surface area contributed by atoms with Crippen LogP contribution in [0.25, 0.3) is 0 Å². The lowest BCUT2D eigenvalue weighted by atomic mass is 9.99. The van der Waals surface area contributed by atoms with Crippen LogP contribution in [-0.2, 0) is 11.3 Å². The van der Waals surface area contributed by atoms with Crippen molar-refractivity contribution in [2.24, 2.45) is 0 Å². The number of hydrogen-bond donors (Lipinski definition) is 1. The molecule has 1 atom stereocenters. The van der Waals surface area contributed by atoms with Gasteiger partial charge in [-0.2, -0.15) is 0 Å². The summed E-state index contributed by atoms with van der Waals surface area (Å²) in [5, 5.41) is 3.49. The Morgan fingerprint density at radius 1 is 1.10 bits per heavy atom. The van der Waals surface area contributed by atoms with Gasteiger partial charge < -0.3 is 10.1 Å². The third kappa shape index (κ3) is 6.06. The maximum absolute atomic E-state index is 5.93. The Morgan fingerprint density at radius 3 is 2.20 bits per heavy atom. The normalized spacial score (nSPS) is 13.8. The summed E-state index contributed by atoms with van der Waals surface area (Å²) in [7, 11) is 0. The molecule has 0 saturated carbocycles. The molecule has 0 aromatic heterocycles. The van der Waals surface area contributed by atoms with Gasteiger partial charge in [0.05, 0.1) is 12.2 Å². The summed E-state index contributed by atoms with van der Waals surface area (Å²) in [6.45, 7) is 14.8. The molecule has 0 aliphatic carbocycles. The zero-order valence-electron chi connectivity index (χ0n) is 14.0. The van der Waals surface area contributed by atoms with Crippen molar-refractivity contribution in [2.75, 3.05) is 6.54 Å². The third-order valence-electron chi connectivity index (χ3n) is 3.86. The van der Waals surface area contributed by atoms with Crippen LogP contribution in [0.1, 0.15) is 65.0 Å². The van der Waals surface area contributed by atoms with Gasteiger partial charge in [0.2, 0.25) is 0 Å². The molecule has 0 fully saturated rings. The fourth-order valence-electron chi connectivity index (χ4n) is 1.85. The van der Waals surface area contributed by atoms with E-state index in [0.717, 1.165) is 13.0 Å². The second-order valence-corrected chi connectivity index (χ2v) is 6.61. The Morgan fingerprint density at radius 2 is 1.70 bits per heavy atom. The van der Waals surface area contributed by atoms with Gasteiger partial charge in [-0.1, -0.05) is 52.0 Å². The lowest BCUT2D eigenvalue weighted by Gasteiger charge is -2.23. The Balaban J connectivity index is 2.51. The Labute approximate surface area is 124 Å². The highest BCUT2D eigenvalue weighted by atomic mass is 16.5. The van der Waals surface area contributed by atoms with Crippen molar-refractivity contribution in [3.8, 4) is 0 Å². The summed E-state index contributed by atoms with van der Waals surface area (Å²) < 4.78 is 5.93. The molecule has 1 unspecified atom stereocenters. The van der Waals surface area contributed by atoms with Crippen LogP contribution in [0.2, 0.25) is 0 Å². The third-order valence-corrected chi connectivity index (χ3v) is 3.86. The van der Waals surface area contributed by atoms with Crippen LogP contribution >= 0.6 is 0 Å². The topological polar surface area (TPSA) is 21.3 Å². The Hall–Kier alpha value is -0.860. The maximum atomic E-state index is 5.93. The summed E-state index contributed by atoms with van der Waals surface area (Å²) in [6.07, 6.45) is 1.03. The molecule has 1 N–H and O–H groups in total. The SMILES string of the molecule is CCC(C)(C)OCc1ccc(C(C)CNC(C)C)cc1. The number of rotatable bonds is 8. The van der Waals surface area contributed by atoms with Gasteiger partial charge in [-0.25, -0.2) is 0 Å². The molecule has 2 nitrogen and oxygen atoms in total. The second-order valence-electron chi connectivity index (χ2n) is 6.61. The molecule has 2 heteroatoms. The molecule has 0 aliphatic heterocycles. The molecule has 114 valence electrons. The predicted octanol–water partition coefficient (Wildman–Crippen LogP) is 4.49. The quantitative estimate of drug-likeness (QED) is 0.755. The van der Waals surface area contributed by atoms with E-state index in [0.29, 0.717) is 18.6 Å². The first-order valence-electron chi connectivity index (χ1n) is 7.80. The molecule has 1 aromatic rings. The number of hydrogen-bond acceptors (Lipinski definition) is 2. The first kappa shape index (κ1) is 17.2. The van der Waals surface area contributed by atoms with Gasteiger partial charge in [-0.05, 0) is 37.3 Å². The van der Waals surface area contributed by atoms with E-state index >= 15 is 0 Å². The van der Waals surface area contributed by atoms with Gasteiger partial charge in [-0.15, -0.1) is 0 Å². The first-order chi connectivity index (χ1) is 9.34. The smallest absolute Gasteiger partial charge is 0.0724 e. The van der Waals surface area contributed by atoms with Crippen LogP contribution in [-0.4, -0.2) is 18.2 Å². The highest BCUT2D eigenvalue weighted by Crippen LogP contribution is 2.19. The van der Waals surface area contributed by atoms with E-state index in [1.807, 2.05) is 0 Å². The highest BCUT2D eigenvalue weighted by Gasteiger charge is 2.15. The van der Waals surface area contributed by atoms with E-state index in [9.17, 15) is 0 Å². The maximum Gasteiger partial charge on any atom is 0.0724 e. The number of nitrogens with one attached hydrogen (secondary N) is 1. The standard InChI is InChI=1S/C18H31NO/c1-7-18(5,6)20-13-16-8-10-17(11-9-16)15(4)12-19-14(2)3/h8-11,14-15,19H,7,12-13H2,1-6H3. The van der Waals surface area contributed by atoms with Crippen LogP contribution in [0.3, 0.4) is 0 Å². The van der Waals surface area contributed by atoms with E-state index in [2.05, 4.69) is 71.1 Å². The van der Waals surface area contributed by atoms with Gasteiger partial charge >= 0.3 is 0 Å². The molecule has 0 aliphatic rings. The summed E-state index contributed by atoms with van der Waals surface area (Å²) in [5.74, 6) is 0.541. The van der Waals surface area contributed by atoms with Gasteiger partial charge in [-0.3, -0.25) is 0 Å². The first-order valence-corrected chi connectivity index (χ1v) is 7.80. The molecular weight excluding hydrogens is 246 g/mol. The molecule has 0 heterocycles. The number of benzene rings is 1. The van der Waals surface area contributed by atoms with Crippen molar-refractivity contribution in [2.45, 2.75) is 72.1 Å². The van der Waals surface area contributed by atoms with E-state index in [4.69, 9.17) is 4.74 Å².